The third-order valence-corrected chi connectivity index (χ3v) is 5.76. The fourth-order valence-electron chi connectivity index (χ4n) is 3.73. The molecule has 1 atom stereocenters. The number of aryl methyl sites for hydroxylation is 1. The smallest absolute Gasteiger partial charge is 0.295 e. The number of benzene rings is 2. The summed E-state index contributed by atoms with van der Waals surface area (Å²) in [5.74, 6) is -1.16. The van der Waals surface area contributed by atoms with E-state index in [1.807, 2.05) is 12.1 Å². The predicted molar refractivity (Wildman–Crippen MR) is 123 cm³/mol. The van der Waals surface area contributed by atoms with Gasteiger partial charge in [-0.3, -0.25) is 14.5 Å². The molecule has 0 spiro atoms. The maximum atomic E-state index is 13.5. The highest BCUT2D eigenvalue weighted by atomic mass is 35.5. The van der Waals surface area contributed by atoms with Gasteiger partial charge in [-0.2, -0.15) is 5.10 Å². The Balaban J connectivity index is 1.83. The second kappa shape index (κ2) is 8.55. The van der Waals surface area contributed by atoms with Crippen LogP contribution in [0.5, 0.6) is 0 Å². The molecule has 3 aromatic rings. The summed E-state index contributed by atoms with van der Waals surface area (Å²) in [7, 11) is 0. The zero-order valence-corrected chi connectivity index (χ0v) is 18.7. The van der Waals surface area contributed by atoms with Crippen LogP contribution < -0.4 is 4.90 Å². The molecule has 162 valence electrons. The van der Waals surface area contributed by atoms with Crippen molar-refractivity contribution < 1.29 is 14.7 Å². The Morgan fingerprint density at radius 2 is 1.66 bits per heavy atom. The van der Waals surface area contributed by atoms with Crippen LogP contribution in [0.3, 0.4) is 0 Å². The summed E-state index contributed by atoms with van der Waals surface area (Å²) in [6, 6.07) is 16.5. The summed E-state index contributed by atoms with van der Waals surface area (Å²) in [5.41, 5.74) is 2.78. The number of aliphatic hydroxyl groups is 1. The van der Waals surface area contributed by atoms with Crippen LogP contribution in [0.25, 0.3) is 0 Å². The number of anilines is 1. The van der Waals surface area contributed by atoms with E-state index in [4.69, 9.17) is 11.6 Å². The van der Waals surface area contributed by atoms with Crippen molar-refractivity contribution >= 4 is 29.1 Å². The molecule has 1 aliphatic heterocycles. The summed E-state index contributed by atoms with van der Waals surface area (Å²) in [4.78, 5) is 27.9. The standard InChI is InChI=1S/C25H22ClN3O3/c1-14(2)16-5-7-18(8-6-16)23(30)21-22(17-9-11-19(26)12-10-17)29(25(32)24(21)31)20-13-4-15(3)27-28-20/h4-14,22,31H,1-3H3. The van der Waals surface area contributed by atoms with E-state index in [9.17, 15) is 14.7 Å². The topological polar surface area (TPSA) is 83.4 Å². The Morgan fingerprint density at radius 1 is 1.00 bits per heavy atom. The summed E-state index contributed by atoms with van der Waals surface area (Å²) < 4.78 is 0. The first kappa shape index (κ1) is 21.7. The van der Waals surface area contributed by atoms with Gasteiger partial charge in [0.1, 0.15) is 0 Å². The molecule has 0 radical (unpaired) electrons. The lowest BCUT2D eigenvalue weighted by molar-refractivity contribution is -0.117. The number of rotatable bonds is 5. The first-order valence-electron chi connectivity index (χ1n) is 10.2. The van der Waals surface area contributed by atoms with Crippen LogP contribution in [0.15, 0.2) is 72.0 Å². The molecule has 1 amide bonds. The lowest BCUT2D eigenvalue weighted by Gasteiger charge is -2.25. The minimum Gasteiger partial charge on any atom is -0.503 e. The van der Waals surface area contributed by atoms with Gasteiger partial charge in [-0.15, -0.1) is 5.10 Å². The summed E-state index contributed by atoms with van der Waals surface area (Å²) in [5, 5.41) is 19.5. The molecule has 7 heteroatoms. The molecule has 0 saturated carbocycles. The normalized spacial score (nSPS) is 16.2. The van der Waals surface area contributed by atoms with E-state index in [2.05, 4.69) is 24.0 Å². The first-order valence-corrected chi connectivity index (χ1v) is 10.6. The quantitative estimate of drug-likeness (QED) is 0.533. The molecular formula is C25H22ClN3O3. The van der Waals surface area contributed by atoms with Gasteiger partial charge in [-0.05, 0) is 48.2 Å². The van der Waals surface area contributed by atoms with Gasteiger partial charge in [-0.25, -0.2) is 0 Å². The van der Waals surface area contributed by atoms with E-state index < -0.39 is 23.5 Å². The van der Waals surface area contributed by atoms with E-state index in [0.717, 1.165) is 5.56 Å². The molecule has 2 heterocycles. The van der Waals surface area contributed by atoms with Crippen LogP contribution in [-0.4, -0.2) is 27.0 Å². The molecule has 0 fully saturated rings. The molecule has 1 N–H and O–H groups in total. The fraction of sp³-hybridized carbons (Fsp3) is 0.200. The number of Topliss-reactive ketones (excluding diaryl/α,β-unsaturated/α-hetero) is 1. The monoisotopic (exact) mass is 447 g/mol. The van der Waals surface area contributed by atoms with Crippen molar-refractivity contribution in [2.45, 2.75) is 32.7 Å². The van der Waals surface area contributed by atoms with Crippen LogP contribution >= 0.6 is 11.6 Å². The Bertz CT molecular complexity index is 1200. The highest BCUT2D eigenvalue weighted by Crippen LogP contribution is 2.41. The van der Waals surface area contributed by atoms with Gasteiger partial charge < -0.3 is 5.11 Å². The number of ketones is 1. The molecule has 0 saturated heterocycles. The van der Waals surface area contributed by atoms with Crippen molar-refractivity contribution in [3.05, 3.63) is 99.4 Å². The van der Waals surface area contributed by atoms with Crippen molar-refractivity contribution in [1.29, 1.82) is 0 Å². The number of hydrogen-bond acceptors (Lipinski definition) is 5. The van der Waals surface area contributed by atoms with Crippen molar-refractivity contribution in [3.8, 4) is 0 Å². The minimum atomic E-state index is -0.867. The zero-order valence-electron chi connectivity index (χ0n) is 17.9. The van der Waals surface area contributed by atoms with Crippen LogP contribution in [-0.2, 0) is 4.79 Å². The maximum absolute atomic E-state index is 13.5. The van der Waals surface area contributed by atoms with Gasteiger partial charge in [-0.1, -0.05) is 61.8 Å². The number of aromatic nitrogens is 2. The lowest BCUT2D eigenvalue weighted by Crippen LogP contribution is -2.32. The third-order valence-electron chi connectivity index (χ3n) is 5.51. The number of amides is 1. The van der Waals surface area contributed by atoms with Crippen LogP contribution in [0.2, 0.25) is 5.02 Å². The second-order valence-electron chi connectivity index (χ2n) is 8.03. The van der Waals surface area contributed by atoms with Gasteiger partial charge in [0.25, 0.3) is 5.91 Å². The van der Waals surface area contributed by atoms with Crippen LogP contribution in [0.4, 0.5) is 5.82 Å². The summed E-state index contributed by atoms with van der Waals surface area (Å²) >= 11 is 6.05. The van der Waals surface area contributed by atoms with Gasteiger partial charge in [0.05, 0.1) is 17.3 Å². The average Bonchev–Trinajstić information content (AvgIpc) is 3.05. The summed E-state index contributed by atoms with van der Waals surface area (Å²) in [6.45, 7) is 5.92. The van der Waals surface area contributed by atoms with Crippen molar-refractivity contribution in [1.82, 2.24) is 10.2 Å². The van der Waals surface area contributed by atoms with E-state index in [0.29, 0.717) is 27.8 Å². The van der Waals surface area contributed by atoms with Gasteiger partial charge >= 0.3 is 0 Å². The molecule has 2 aromatic carbocycles. The van der Waals surface area contributed by atoms with Crippen molar-refractivity contribution in [2.24, 2.45) is 0 Å². The maximum Gasteiger partial charge on any atom is 0.295 e. The molecule has 0 bridgehead atoms. The number of hydrogen-bond donors (Lipinski definition) is 1. The van der Waals surface area contributed by atoms with Crippen molar-refractivity contribution in [3.63, 3.8) is 0 Å². The third kappa shape index (κ3) is 3.89. The summed E-state index contributed by atoms with van der Waals surface area (Å²) in [6.07, 6.45) is 0. The van der Waals surface area contributed by atoms with Crippen LogP contribution in [0, 0.1) is 6.92 Å². The second-order valence-corrected chi connectivity index (χ2v) is 8.47. The molecule has 32 heavy (non-hydrogen) atoms. The lowest BCUT2D eigenvalue weighted by atomic mass is 9.91. The number of nitrogens with zero attached hydrogens (tertiary/aromatic N) is 3. The largest absolute Gasteiger partial charge is 0.503 e. The van der Waals surface area contributed by atoms with Gasteiger partial charge in [0.15, 0.2) is 17.4 Å². The zero-order chi connectivity index (χ0) is 23.0. The molecule has 1 aromatic heterocycles. The first-order chi connectivity index (χ1) is 15.3. The molecule has 6 nitrogen and oxygen atoms in total. The van der Waals surface area contributed by atoms with Gasteiger partial charge in [0, 0.05) is 10.6 Å². The molecule has 4 rings (SSSR count). The Kier molecular flexibility index (Phi) is 5.80. The predicted octanol–water partition coefficient (Wildman–Crippen LogP) is 5.34. The fourth-order valence-corrected chi connectivity index (χ4v) is 3.86. The number of aliphatic hydroxyl groups excluding tert-OH is 1. The Labute approximate surface area is 191 Å². The highest BCUT2D eigenvalue weighted by Gasteiger charge is 2.45. The molecular weight excluding hydrogens is 426 g/mol. The molecule has 1 unspecified atom stereocenters. The Morgan fingerprint density at radius 3 is 2.22 bits per heavy atom. The van der Waals surface area contributed by atoms with E-state index in [-0.39, 0.29) is 11.4 Å². The molecule has 0 aliphatic carbocycles. The Hall–Kier alpha value is -3.51. The molecule has 1 aliphatic rings. The highest BCUT2D eigenvalue weighted by molar-refractivity contribution is 6.30. The van der Waals surface area contributed by atoms with E-state index >= 15 is 0 Å². The minimum absolute atomic E-state index is 0.00278. The number of carbonyl (C=O) groups is 2. The van der Waals surface area contributed by atoms with Crippen LogP contribution in [0.1, 0.15) is 53.0 Å². The van der Waals surface area contributed by atoms with E-state index in [1.54, 1.807) is 55.5 Å². The van der Waals surface area contributed by atoms with Gasteiger partial charge in [0.2, 0.25) is 0 Å². The SMILES string of the molecule is Cc1ccc(N2C(=O)C(O)=C(C(=O)c3ccc(C(C)C)cc3)C2c2ccc(Cl)cc2)nn1. The van der Waals surface area contributed by atoms with Crippen molar-refractivity contribution in [2.75, 3.05) is 4.90 Å². The van der Waals surface area contributed by atoms with E-state index in [1.165, 1.54) is 4.90 Å². The number of carbonyl (C=O) groups excluding carboxylic acids is 2. The number of halogens is 1. The average molecular weight is 448 g/mol.